The molecule has 0 saturated carbocycles. The fraction of sp³-hybridized carbons (Fsp3) is 0.680. The minimum Gasteiger partial charge on any atom is -0.490 e. The lowest BCUT2D eigenvalue weighted by molar-refractivity contribution is 0.0124. The molecule has 1 aliphatic heterocycles. The number of hydrogen-bond donors (Lipinski definition) is 0. The summed E-state index contributed by atoms with van der Waals surface area (Å²) in [5.41, 5.74) is 0.0301. The van der Waals surface area contributed by atoms with Crippen molar-refractivity contribution in [2.24, 2.45) is 5.92 Å². The number of piperidine rings is 1. The van der Waals surface area contributed by atoms with Crippen LogP contribution >= 0.6 is 0 Å². The molecule has 0 aliphatic carbocycles. The van der Waals surface area contributed by atoms with Crippen LogP contribution < -0.4 is 4.74 Å². The van der Waals surface area contributed by atoms with E-state index in [0.29, 0.717) is 50.8 Å². The van der Waals surface area contributed by atoms with E-state index < -0.39 is 5.60 Å². The Morgan fingerprint density at radius 1 is 1.19 bits per heavy atom. The van der Waals surface area contributed by atoms with Gasteiger partial charge in [0, 0.05) is 32.3 Å². The van der Waals surface area contributed by atoms with Crippen LogP contribution in [0.4, 0.5) is 4.79 Å². The van der Waals surface area contributed by atoms with E-state index in [-0.39, 0.29) is 24.0 Å². The largest absolute Gasteiger partial charge is 0.490 e. The smallest absolute Gasteiger partial charge is 0.410 e. The van der Waals surface area contributed by atoms with Gasteiger partial charge in [-0.25, -0.2) is 4.79 Å². The lowest BCUT2D eigenvalue weighted by Gasteiger charge is -2.37. The van der Waals surface area contributed by atoms with Gasteiger partial charge in [-0.3, -0.25) is 4.79 Å². The molecule has 2 rings (SSSR count). The van der Waals surface area contributed by atoms with Crippen molar-refractivity contribution in [3.8, 4) is 5.75 Å². The first-order valence-corrected chi connectivity index (χ1v) is 11.7. The molecule has 1 aromatic carbocycles. The molecule has 7 heteroatoms. The van der Waals surface area contributed by atoms with Crippen LogP contribution in [-0.4, -0.2) is 72.9 Å². The third kappa shape index (κ3) is 8.01. The van der Waals surface area contributed by atoms with Crippen molar-refractivity contribution >= 4 is 12.0 Å². The highest BCUT2D eigenvalue weighted by atomic mass is 16.6. The molecular formula is C25H40N2O5. The molecule has 1 unspecified atom stereocenters. The molecule has 1 aromatic rings. The third-order valence-corrected chi connectivity index (χ3v) is 5.32. The number of para-hydroxylation sites is 1. The van der Waals surface area contributed by atoms with Crippen molar-refractivity contribution in [3.63, 3.8) is 0 Å². The Bertz CT molecular complexity index is 744. The molecule has 1 fully saturated rings. The molecular weight excluding hydrogens is 408 g/mol. The van der Waals surface area contributed by atoms with E-state index >= 15 is 0 Å². The Hall–Kier alpha value is -2.28. The molecule has 0 aromatic heterocycles. The number of nitrogens with zero attached hydrogens (tertiary/aromatic N) is 2. The van der Waals surface area contributed by atoms with Gasteiger partial charge in [0.2, 0.25) is 0 Å². The number of amides is 2. The van der Waals surface area contributed by atoms with Gasteiger partial charge in [0.05, 0.1) is 12.2 Å². The summed E-state index contributed by atoms with van der Waals surface area (Å²) >= 11 is 0. The lowest BCUT2D eigenvalue weighted by atomic mass is 9.96. The quantitative estimate of drug-likeness (QED) is 0.517. The van der Waals surface area contributed by atoms with Crippen LogP contribution in [0.15, 0.2) is 24.3 Å². The summed E-state index contributed by atoms with van der Waals surface area (Å²) in [6, 6.07) is 7.38. The zero-order valence-electron chi connectivity index (χ0n) is 20.6. The van der Waals surface area contributed by atoms with E-state index in [9.17, 15) is 9.59 Å². The van der Waals surface area contributed by atoms with Gasteiger partial charge in [0.15, 0.2) is 0 Å². The fourth-order valence-electron chi connectivity index (χ4n) is 3.79. The predicted octanol–water partition coefficient (Wildman–Crippen LogP) is 4.60. The van der Waals surface area contributed by atoms with E-state index in [1.54, 1.807) is 4.90 Å². The van der Waals surface area contributed by atoms with Crippen LogP contribution in [0, 0.1) is 5.92 Å². The third-order valence-electron chi connectivity index (χ3n) is 5.32. The van der Waals surface area contributed by atoms with E-state index in [2.05, 4.69) is 0 Å². The summed E-state index contributed by atoms with van der Waals surface area (Å²) in [6.45, 7) is 15.0. The van der Waals surface area contributed by atoms with Gasteiger partial charge in [-0.05, 0) is 72.4 Å². The number of likely N-dealkylation sites (tertiary alicyclic amines) is 1. The number of rotatable bonds is 9. The first-order chi connectivity index (χ1) is 15.1. The second-order valence-corrected chi connectivity index (χ2v) is 9.53. The monoisotopic (exact) mass is 448 g/mol. The minimum absolute atomic E-state index is 0.0235. The highest BCUT2D eigenvalue weighted by Crippen LogP contribution is 2.25. The van der Waals surface area contributed by atoms with Crippen LogP contribution in [0.5, 0.6) is 5.75 Å². The van der Waals surface area contributed by atoms with Crippen molar-refractivity contribution in [3.05, 3.63) is 29.8 Å². The van der Waals surface area contributed by atoms with Gasteiger partial charge in [0.1, 0.15) is 18.0 Å². The highest BCUT2D eigenvalue weighted by Gasteiger charge is 2.31. The Morgan fingerprint density at radius 2 is 1.91 bits per heavy atom. The maximum Gasteiger partial charge on any atom is 0.410 e. The first kappa shape index (κ1) is 26.0. The number of hydrogen-bond acceptors (Lipinski definition) is 5. The Labute approximate surface area is 193 Å². The summed E-state index contributed by atoms with van der Waals surface area (Å²) in [6.07, 6.45) is 1.58. The summed E-state index contributed by atoms with van der Waals surface area (Å²) in [7, 11) is 0. The van der Waals surface area contributed by atoms with Crippen LogP contribution in [-0.2, 0) is 9.47 Å². The van der Waals surface area contributed by atoms with Crippen LogP contribution in [0.1, 0.15) is 64.7 Å². The van der Waals surface area contributed by atoms with Crippen LogP contribution in [0.3, 0.4) is 0 Å². The van der Waals surface area contributed by atoms with Gasteiger partial charge in [0.25, 0.3) is 5.91 Å². The topological polar surface area (TPSA) is 68.3 Å². The average Bonchev–Trinajstić information content (AvgIpc) is 2.73. The van der Waals surface area contributed by atoms with E-state index in [4.69, 9.17) is 14.2 Å². The fourth-order valence-corrected chi connectivity index (χ4v) is 3.79. The number of carbonyl (C=O) groups is 2. The summed E-state index contributed by atoms with van der Waals surface area (Å²) < 4.78 is 16.7. The molecule has 180 valence electrons. The Kier molecular flexibility index (Phi) is 9.82. The number of carbonyl (C=O) groups excluding carboxylic acids is 2. The average molecular weight is 449 g/mol. The minimum atomic E-state index is -0.537. The van der Waals surface area contributed by atoms with E-state index in [0.717, 1.165) is 12.8 Å². The number of ether oxygens (including phenoxy) is 3. The van der Waals surface area contributed by atoms with Crippen molar-refractivity contribution in [1.82, 2.24) is 9.80 Å². The molecule has 2 amide bonds. The maximum atomic E-state index is 13.3. The Balaban J connectivity index is 2.04. The van der Waals surface area contributed by atoms with Gasteiger partial charge in [-0.2, -0.15) is 0 Å². The molecule has 1 atom stereocenters. The van der Waals surface area contributed by atoms with Crippen molar-refractivity contribution in [2.45, 2.75) is 66.0 Å². The summed E-state index contributed by atoms with van der Waals surface area (Å²) in [5.74, 6) is 0.751. The van der Waals surface area contributed by atoms with Crippen LogP contribution in [0.25, 0.3) is 0 Å². The molecule has 0 N–H and O–H groups in total. The van der Waals surface area contributed by atoms with Gasteiger partial charge < -0.3 is 24.0 Å². The van der Waals surface area contributed by atoms with E-state index in [1.807, 2.05) is 70.7 Å². The van der Waals surface area contributed by atoms with Crippen LogP contribution in [0.2, 0.25) is 0 Å². The SMILES string of the molecule is CCOCCOc1ccccc1C(=O)N1CCCC(CN(C(=O)OC(C)(C)C)C(C)C)C1. The van der Waals surface area contributed by atoms with Gasteiger partial charge in [-0.15, -0.1) is 0 Å². The lowest BCUT2D eigenvalue weighted by Crippen LogP contribution is -2.48. The summed E-state index contributed by atoms with van der Waals surface area (Å²) in [5, 5.41) is 0. The molecule has 32 heavy (non-hydrogen) atoms. The molecule has 0 bridgehead atoms. The molecule has 0 radical (unpaired) electrons. The zero-order chi connectivity index (χ0) is 23.7. The van der Waals surface area contributed by atoms with Crippen molar-refractivity contribution in [1.29, 1.82) is 0 Å². The second kappa shape index (κ2) is 12.1. The standard InChI is InChI=1S/C25H40N2O5/c1-7-30-15-16-31-22-13-9-8-12-21(22)23(28)26-14-10-11-20(17-26)18-27(19(2)3)24(29)32-25(4,5)6/h8-9,12-13,19-20H,7,10-11,14-18H2,1-6H3. The maximum absolute atomic E-state index is 13.3. The molecule has 0 spiro atoms. The predicted molar refractivity (Wildman–Crippen MR) is 125 cm³/mol. The van der Waals surface area contributed by atoms with E-state index in [1.165, 1.54) is 0 Å². The highest BCUT2D eigenvalue weighted by molar-refractivity contribution is 5.97. The Morgan fingerprint density at radius 3 is 2.56 bits per heavy atom. The van der Waals surface area contributed by atoms with Gasteiger partial charge >= 0.3 is 6.09 Å². The molecule has 1 aliphatic rings. The molecule has 7 nitrogen and oxygen atoms in total. The molecule has 1 saturated heterocycles. The van der Waals surface area contributed by atoms with Crippen molar-refractivity contribution < 1.29 is 23.8 Å². The second-order valence-electron chi connectivity index (χ2n) is 9.53. The zero-order valence-corrected chi connectivity index (χ0v) is 20.6. The number of benzene rings is 1. The normalized spacial score (nSPS) is 16.7. The van der Waals surface area contributed by atoms with Crippen molar-refractivity contribution in [2.75, 3.05) is 39.5 Å². The summed E-state index contributed by atoms with van der Waals surface area (Å²) in [4.78, 5) is 29.7. The van der Waals surface area contributed by atoms with Gasteiger partial charge in [-0.1, -0.05) is 12.1 Å². The molecule has 1 heterocycles. The first-order valence-electron chi connectivity index (χ1n) is 11.7.